The zero-order valence-electron chi connectivity index (χ0n) is 11.5. The molecule has 1 fully saturated rings. The summed E-state index contributed by atoms with van der Waals surface area (Å²) in [4.78, 5) is 5.95. The van der Waals surface area contributed by atoms with Crippen LogP contribution >= 0.6 is 15.9 Å². The Hall–Kier alpha value is -1.10. The molecule has 0 saturated carbocycles. The van der Waals surface area contributed by atoms with Crippen LogP contribution in [0.5, 0.6) is 0 Å². The summed E-state index contributed by atoms with van der Waals surface area (Å²) in [5, 5.41) is 4.73. The third-order valence-electron chi connectivity index (χ3n) is 4.02. The average molecular weight is 334 g/mol. The molecule has 0 radical (unpaired) electrons. The molecule has 2 heterocycles. The summed E-state index contributed by atoms with van der Waals surface area (Å²) in [6.45, 7) is 8.27. The van der Waals surface area contributed by atoms with E-state index in [2.05, 4.69) is 62.1 Å². The highest BCUT2D eigenvalue weighted by atomic mass is 79.9. The molecule has 1 aliphatic rings. The van der Waals surface area contributed by atoms with Crippen LogP contribution in [-0.4, -0.2) is 36.1 Å². The van der Waals surface area contributed by atoms with Gasteiger partial charge in [-0.15, -0.1) is 6.58 Å². The molecule has 4 heteroatoms. The predicted octanol–water partition coefficient (Wildman–Crippen LogP) is 3.45. The fraction of sp³-hybridized carbons (Fsp3) is 0.375. The van der Waals surface area contributed by atoms with Crippen molar-refractivity contribution < 1.29 is 0 Å². The van der Waals surface area contributed by atoms with Crippen molar-refractivity contribution in [2.24, 2.45) is 0 Å². The third-order valence-corrected chi connectivity index (χ3v) is 4.51. The van der Waals surface area contributed by atoms with Crippen LogP contribution in [0.2, 0.25) is 0 Å². The van der Waals surface area contributed by atoms with Gasteiger partial charge in [-0.1, -0.05) is 22.0 Å². The molecule has 20 heavy (non-hydrogen) atoms. The van der Waals surface area contributed by atoms with Crippen LogP contribution in [0.15, 0.2) is 41.5 Å². The van der Waals surface area contributed by atoms with Crippen LogP contribution in [0.25, 0.3) is 10.9 Å². The monoisotopic (exact) mass is 333 g/mol. The smallest absolute Gasteiger partial charge is 0.0458 e. The van der Waals surface area contributed by atoms with E-state index in [0.717, 1.165) is 37.1 Å². The van der Waals surface area contributed by atoms with E-state index in [-0.39, 0.29) is 0 Å². The lowest BCUT2D eigenvalue weighted by Crippen LogP contribution is -2.45. The topological polar surface area (TPSA) is 31.1 Å². The largest absolute Gasteiger partial charge is 0.361 e. The fourth-order valence-corrected chi connectivity index (χ4v) is 3.38. The number of aromatic amines is 1. The molecule has 0 unspecified atom stereocenters. The van der Waals surface area contributed by atoms with E-state index in [9.17, 15) is 0 Å². The molecule has 2 aromatic rings. The van der Waals surface area contributed by atoms with Gasteiger partial charge in [0.2, 0.25) is 0 Å². The lowest BCUT2D eigenvalue weighted by Gasteiger charge is -2.34. The Bertz CT molecular complexity index is 599. The van der Waals surface area contributed by atoms with E-state index >= 15 is 0 Å². The molecule has 0 bridgehead atoms. The minimum absolute atomic E-state index is 0.414. The minimum atomic E-state index is 0.414. The zero-order valence-corrected chi connectivity index (χ0v) is 13.1. The SMILES string of the molecule is C=CC[C@H](c1c[nH]c2ccc(Br)cc12)N1CCNCC1. The van der Waals surface area contributed by atoms with Crippen molar-refractivity contribution >= 4 is 26.8 Å². The molecule has 0 spiro atoms. The van der Waals surface area contributed by atoms with Crippen LogP contribution in [0.1, 0.15) is 18.0 Å². The number of aromatic nitrogens is 1. The fourth-order valence-electron chi connectivity index (χ4n) is 3.01. The summed E-state index contributed by atoms with van der Waals surface area (Å²) < 4.78 is 1.13. The Balaban J connectivity index is 1.99. The first kappa shape index (κ1) is 13.9. The van der Waals surface area contributed by atoms with Crippen molar-refractivity contribution in [1.29, 1.82) is 0 Å². The summed E-state index contributed by atoms with van der Waals surface area (Å²) in [6, 6.07) is 6.83. The Morgan fingerprint density at radius 2 is 2.15 bits per heavy atom. The maximum absolute atomic E-state index is 3.94. The first-order valence-electron chi connectivity index (χ1n) is 7.12. The van der Waals surface area contributed by atoms with Crippen molar-refractivity contribution in [3.63, 3.8) is 0 Å². The molecule has 106 valence electrons. The summed E-state index contributed by atoms with van der Waals surface area (Å²) >= 11 is 3.58. The van der Waals surface area contributed by atoms with Gasteiger partial charge >= 0.3 is 0 Å². The minimum Gasteiger partial charge on any atom is -0.361 e. The average Bonchev–Trinajstić information content (AvgIpc) is 2.88. The van der Waals surface area contributed by atoms with Gasteiger partial charge in [0.15, 0.2) is 0 Å². The highest BCUT2D eigenvalue weighted by molar-refractivity contribution is 9.10. The maximum atomic E-state index is 3.94. The molecule has 1 atom stereocenters. The number of hydrogen-bond acceptors (Lipinski definition) is 2. The van der Waals surface area contributed by atoms with E-state index in [1.807, 2.05) is 6.08 Å². The van der Waals surface area contributed by atoms with Crippen molar-refractivity contribution in [3.05, 3.63) is 47.1 Å². The van der Waals surface area contributed by atoms with E-state index < -0.39 is 0 Å². The first-order chi connectivity index (χ1) is 9.79. The lowest BCUT2D eigenvalue weighted by atomic mass is 10.0. The van der Waals surface area contributed by atoms with Crippen LogP contribution in [0, 0.1) is 0 Å². The number of nitrogens with one attached hydrogen (secondary N) is 2. The van der Waals surface area contributed by atoms with Gasteiger partial charge in [-0.25, -0.2) is 0 Å². The van der Waals surface area contributed by atoms with Gasteiger partial charge in [0.05, 0.1) is 0 Å². The van der Waals surface area contributed by atoms with Crippen LogP contribution in [0.4, 0.5) is 0 Å². The second-order valence-corrected chi connectivity index (χ2v) is 6.18. The summed E-state index contributed by atoms with van der Waals surface area (Å²) in [5.41, 5.74) is 2.58. The Kier molecular flexibility index (Phi) is 4.24. The molecule has 1 saturated heterocycles. The molecule has 1 aromatic carbocycles. The summed E-state index contributed by atoms with van der Waals surface area (Å²) in [6.07, 6.45) is 5.18. The van der Waals surface area contributed by atoms with Gasteiger partial charge in [-0.05, 0) is 30.2 Å². The molecule has 2 N–H and O–H groups in total. The lowest BCUT2D eigenvalue weighted by molar-refractivity contribution is 0.175. The number of fused-ring (bicyclic) bond motifs is 1. The molecule has 1 aromatic heterocycles. The van der Waals surface area contributed by atoms with Crippen LogP contribution < -0.4 is 5.32 Å². The zero-order chi connectivity index (χ0) is 13.9. The van der Waals surface area contributed by atoms with Crippen molar-refractivity contribution in [3.8, 4) is 0 Å². The number of benzene rings is 1. The van der Waals surface area contributed by atoms with Gasteiger partial charge in [-0.2, -0.15) is 0 Å². The van der Waals surface area contributed by atoms with E-state index in [0.29, 0.717) is 6.04 Å². The molecule has 1 aliphatic heterocycles. The van der Waals surface area contributed by atoms with Gasteiger partial charge in [0, 0.05) is 53.8 Å². The van der Waals surface area contributed by atoms with Crippen molar-refractivity contribution in [1.82, 2.24) is 15.2 Å². The maximum Gasteiger partial charge on any atom is 0.0458 e. The first-order valence-corrected chi connectivity index (χ1v) is 7.91. The molecule has 0 amide bonds. The quantitative estimate of drug-likeness (QED) is 0.839. The predicted molar refractivity (Wildman–Crippen MR) is 88.0 cm³/mol. The number of halogens is 1. The Labute approximate surface area is 128 Å². The van der Waals surface area contributed by atoms with E-state index in [4.69, 9.17) is 0 Å². The second-order valence-electron chi connectivity index (χ2n) is 5.26. The Morgan fingerprint density at radius 3 is 2.90 bits per heavy atom. The Morgan fingerprint density at radius 1 is 1.35 bits per heavy atom. The highest BCUT2D eigenvalue weighted by Gasteiger charge is 2.23. The molecular formula is C16H20BrN3. The molecule has 3 nitrogen and oxygen atoms in total. The van der Waals surface area contributed by atoms with Crippen LogP contribution in [-0.2, 0) is 0 Å². The van der Waals surface area contributed by atoms with Gasteiger partial charge in [0.1, 0.15) is 0 Å². The van der Waals surface area contributed by atoms with Crippen LogP contribution in [0.3, 0.4) is 0 Å². The van der Waals surface area contributed by atoms with Gasteiger partial charge < -0.3 is 10.3 Å². The summed E-state index contributed by atoms with van der Waals surface area (Å²) in [7, 11) is 0. The molecule has 3 rings (SSSR count). The van der Waals surface area contributed by atoms with E-state index in [1.165, 1.54) is 16.5 Å². The second kappa shape index (κ2) is 6.12. The standard InChI is InChI=1S/C16H20BrN3/c1-2-3-16(20-8-6-18-7-9-20)14-11-19-15-5-4-12(17)10-13(14)15/h2,4-5,10-11,16,18-19H,1,3,6-9H2/t16-/m1/s1. The number of H-pyrrole nitrogens is 1. The number of piperazine rings is 1. The van der Waals surface area contributed by atoms with Gasteiger partial charge in [-0.3, -0.25) is 4.90 Å². The number of hydrogen-bond donors (Lipinski definition) is 2. The van der Waals surface area contributed by atoms with Crippen molar-refractivity contribution in [2.45, 2.75) is 12.5 Å². The normalized spacial score (nSPS) is 18.2. The van der Waals surface area contributed by atoms with Crippen molar-refractivity contribution in [2.75, 3.05) is 26.2 Å². The summed E-state index contributed by atoms with van der Waals surface area (Å²) in [5.74, 6) is 0. The van der Waals surface area contributed by atoms with E-state index in [1.54, 1.807) is 0 Å². The van der Waals surface area contributed by atoms with Gasteiger partial charge in [0.25, 0.3) is 0 Å². The molecular weight excluding hydrogens is 314 g/mol. The number of rotatable bonds is 4. The third kappa shape index (κ3) is 2.68. The number of nitrogens with zero attached hydrogens (tertiary/aromatic N) is 1. The molecule has 0 aliphatic carbocycles. The highest BCUT2D eigenvalue weighted by Crippen LogP contribution is 2.32.